The van der Waals surface area contributed by atoms with Crippen molar-refractivity contribution < 1.29 is 39.8 Å². The lowest BCUT2D eigenvalue weighted by atomic mass is 9.72. The number of alkyl halides is 3. The predicted octanol–water partition coefficient (Wildman–Crippen LogP) is 5.43. The summed E-state index contributed by atoms with van der Waals surface area (Å²) >= 11 is 5.87. The Kier molecular flexibility index (Phi) is 5.92. The molecule has 2 aliphatic rings. The van der Waals surface area contributed by atoms with Crippen LogP contribution in [0.15, 0.2) is 41.3 Å². The minimum absolute atomic E-state index is 0.0885. The Morgan fingerprint density at radius 2 is 1.75 bits per heavy atom. The van der Waals surface area contributed by atoms with Crippen LogP contribution in [0.3, 0.4) is 0 Å². The summed E-state index contributed by atoms with van der Waals surface area (Å²) in [5.74, 6) is -3.33. The Labute approximate surface area is 186 Å². The van der Waals surface area contributed by atoms with Gasteiger partial charge in [-0.05, 0) is 55.7 Å². The van der Waals surface area contributed by atoms with Crippen molar-refractivity contribution >= 4 is 21.4 Å². The van der Waals surface area contributed by atoms with E-state index in [0.29, 0.717) is 0 Å². The Hall–Kier alpha value is -1.91. The van der Waals surface area contributed by atoms with E-state index in [0.717, 1.165) is 12.1 Å². The van der Waals surface area contributed by atoms with Crippen molar-refractivity contribution in [1.29, 1.82) is 0 Å². The van der Waals surface area contributed by atoms with Gasteiger partial charge < -0.3 is 9.47 Å². The molecule has 0 saturated heterocycles. The molecule has 32 heavy (non-hydrogen) atoms. The van der Waals surface area contributed by atoms with Crippen molar-refractivity contribution in [2.75, 3.05) is 13.2 Å². The first kappa shape index (κ1) is 23.3. The van der Waals surface area contributed by atoms with Gasteiger partial charge in [0.1, 0.15) is 17.2 Å². The molecule has 0 amide bonds. The van der Waals surface area contributed by atoms with Gasteiger partial charge in [-0.3, -0.25) is 0 Å². The van der Waals surface area contributed by atoms with Gasteiger partial charge in [0.2, 0.25) is 0 Å². The second-order valence-electron chi connectivity index (χ2n) is 7.91. The first-order chi connectivity index (χ1) is 15.0. The number of hydrogen-bond donors (Lipinski definition) is 0. The third kappa shape index (κ3) is 3.86. The zero-order chi connectivity index (χ0) is 23.3. The van der Waals surface area contributed by atoms with Crippen LogP contribution in [0.4, 0.5) is 22.0 Å². The molecule has 11 heteroatoms. The number of hydrogen-bond acceptors (Lipinski definition) is 4. The molecule has 2 aromatic rings. The molecule has 0 radical (unpaired) electrons. The van der Waals surface area contributed by atoms with E-state index in [9.17, 15) is 26.0 Å². The highest BCUT2D eigenvalue weighted by Gasteiger charge is 2.60. The van der Waals surface area contributed by atoms with Crippen molar-refractivity contribution in [3.8, 4) is 5.75 Å². The maximum absolute atomic E-state index is 15.1. The molecule has 1 fully saturated rings. The van der Waals surface area contributed by atoms with Gasteiger partial charge in [0.05, 0.1) is 23.2 Å². The molecule has 0 N–H and O–H groups in total. The average Bonchev–Trinajstić information content (AvgIpc) is 2.73. The maximum atomic E-state index is 15.1. The van der Waals surface area contributed by atoms with E-state index in [2.05, 4.69) is 0 Å². The number of benzene rings is 2. The number of ether oxygens (including phenoxy) is 2. The lowest BCUT2D eigenvalue weighted by molar-refractivity contribution is -0.190. The van der Waals surface area contributed by atoms with Crippen LogP contribution in [0.5, 0.6) is 5.75 Å². The van der Waals surface area contributed by atoms with Crippen LogP contribution in [0.1, 0.15) is 24.8 Å². The Morgan fingerprint density at radius 1 is 1.09 bits per heavy atom. The standard InChI is InChI=1S/C21H18ClF5O4S/c22-13-1-3-15(4-2-13)32(28,29)20-8-7-14(31-11-21(25,26)27)9-12(20)10-30-19-17(24)6-5-16(23)18(19)20/h1-6,12,14H,7-11H2/t12-,14-,20+/m1/s1. The van der Waals surface area contributed by atoms with E-state index in [-0.39, 0.29) is 35.8 Å². The summed E-state index contributed by atoms with van der Waals surface area (Å²) in [5, 5.41) is 0.284. The highest BCUT2D eigenvalue weighted by atomic mass is 35.5. The van der Waals surface area contributed by atoms with Crippen LogP contribution >= 0.6 is 11.6 Å². The topological polar surface area (TPSA) is 52.6 Å². The zero-order valence-corrected chi connectivity index (χ0v) is 18.0. The summed E-state index contributed by atoms with van der Waals surface area (Å²) in [6.07, 6.45) is -5.93. The fourth-order valence-corrected chi connectivity index (χ4v) is 7.15. The molecule has 1 heterocycles. The normalized spacial score (nSPS) is 25.6. The van der Waals surface area contributed by atoms with Gasteiger partial charge in [-0.1, -0.05) is 11.6 Å². The molecule has 1 aliphatic carbocycles. The largest absolute Gasteiger partial charge is 0.490 e. The van der Waals surface area contributed by atoms with Crippen LogP contribution in [-0.4, -0.2) is 33.9 Å². The fourth-order valence-electron chi connectivity index (χ4n) is 4.67. The van der Waals surface area contributed by atoms with E-state index in [1.165, 1.54) is 24.3 Å². The van der Waals surface area contributed by atoms with E-state index >= 15 is 4.39 Å². The first-order valence-electron chi connectivity index (χ1n) is 9.75. The van der Waals surface area contributed by atoms with Gasteiger partial charge >= 0.3 is 6.18 Å². The minimum Gasteiger partial charge on any atom is -0.490 e. The van der Waals surface area contributed by atoms with Crippen molar-refractivity contribution in [3.63, 3.8) is 0 Å². The third-order valence-corrected chi connectivity index (χ3v) is 8.89. The fraction of sp³-hybridized carbons (Fsp3) is 0.429. The van der Waals surface area contributed by atoms with Crippen LogP contribution in [0.25, 0.3) is 0 Å². The van der Waals surface area contributed by atoms with Crippen LogP contribution in [0.2, 0.25) is 5.02 Å². The molecule has 2 aromatic carbocycles. The summed E-state index contributed by atoms with van der Waals surface area (Å²) in [6.45, 7) is -1.80. The smallest absolute Gasteiger partial charge is 0.411 e. The molecular formula is C21H18ClF5O4S. The van der Waals surface area contributed by atoms with Crippen molar-refractivity contribution in [2.24, 2.45) is 5.92 Å². The summed E-state index contributed by atoms with van der Waals surface area (Å²) in [6, 6.07) is 6.92. The van der Waals surface area contributed by atoms with Crippen molar-refractivity contribution in [2.45, 2.75) is 41.2 Å². The summed E-state index contributed by atoms with van der Waals surface area (Å²) in [7, 11) is -4.34. The van der Waals surface area contributed by atoms with Gasteiger partial charge in [-0.2, -0.15) is 13.2 Å². The molecule has 0 bridgehead atoms. The van der Waals surface area contributed by atoms with Crippen LogP contribution < -0.4 is 4.74 Å². The zero-order valence-electron chi connectivity index (χ0n) is 16.5. The highest BCUT2D eigenvalue weighted by molar-refractivity contribution is 7.92. The second-order valence-corrected chi connectivity index (χ2v) is 10.6. The lowest BCUT2D eigenvalue weighted by Crippen LogP contribution is -2.53. The molecule has 0 unspecified atom stereocenters. The predicted molar refractivity (Wildman–Crippen MR) is 105 cm³/mol. The van der Waals surface area contributed by atoms with E-state index < -0.39 is 62.3 Å². The summed E-state index contributed by atoms with van der Waals surface area (Å²) in [4.78, 5) is -0.155. The molecule has 1 saturated carbocycles. The molecule has 4 nitrogen and oxygen atoms in total. The summed E-state index contributed by atoms with van der Waals surface area (Å²) in [5.41, 5.74) is -0.432. The maximum Gasteiger partial charge on any atom is 0.411 e. The molecule has 4 rings (SSSR count). The Balaban J connectivity index is 1.84. The van der Waals surface area contributed by atoms with Crippen LogP contribution in [-0.2, 0) is 19.3 Å². The molecule has 174 valence electrons. The average molecular weight is 497 g/mol. The Morgan fingerprint density at radius 3 is 2.41 bits per heavy atom. The van der Waals surface area contributed by atoms with Gasteiger partial charge in [0.25, 0.3) is 0 Å². The second kappa shape index (κ2) is 8.14. The number of fused-ring (bicyclic) bond motifs is 3. The summed E-state index contributed by atoms with van der Waals surface area (Å²) < 4.78 is 104. The lowest BCUT2D eigenvalue weighted by Gasteiger charge is -2.48. The van der Waals surface area contributed by atoms with Gasteiger partial charge in [-0.15, -0.1) is 0 Å². The third-order valence-electron chi connectivity index (χ3n) is 6.04. The first-order valence-corrected chi connectivity index (χ1v) is 11.6. The minimum atomic E-state index is -4.55. The highest BCUT2D eigenvalue weighted by Crippen LogP contribution is 2.56. The van der Waals surface area contributed by atoms with E-state index in [4.69, 9.17) is 21.1 Å². The van der Waals surface area contributed by atoms with Gasteiger partial charge in [0, 0.05) is 10.9 Å². The number of rotatable bonds is 4. The number of halogens is 6. The SMILES string of the molecule is O=S(=O)(c1ccc(Cl)cc1)[C@@]12CC[C@@H](OCC(F)(F)F)C[C@@H]1COc1c(F)ccc(F)c12. The van der Waals surface area contributed by atoms with Crippen LogP contribution in [0, 0.1) is 17.6 Å². The van der Waals surface area contributed by atoms with Gasteiger partial charge in [-0.25, -0.2) is 17.2 Å². The van der Waals surface area contributed by atoms with Gasteiger partial charge in [0.15, 0.2) is 21.4 Å². The molecule has 1 aliphatic heterocycles. The monoisotopic (exact) mass is 496 g/mol. The van der Waals surface area contributed by atoms with Crippen molar-refractivity contribution in [1.82, 2.24) is 0 Å². The Bertz CT molecular complexity index is 1120. The molecular weight excluding hydrogens is 479 g/mol. The molecule has 0 aromatic heterocycles. The molecule has 0 spiro atoms. The van der Waals surface area contributed by atoms with E-state index in [1.54, 1.807) is 0 Å². The number of sulfone groups is 1. The van der Waals surface area contributed by atoms with Crippen molar-refractivity contribution in [3.05, 3.63) is 58.6 Å². The molecule has 3 atom stereocenters. The van der Waals surface area contributed by atoms with E-state index in [1.807, 2.05) is 0 Å². The quantitative estimate of drug-likeness (QED) is 0.530.